The Morgan fingerprint density at radius 3 is 2.14 bits per heavy atom. The number of carbonyl (C=O) groups excluding carboxylic acids is 1. The number of ether oxygens (including phenoxy) is 1. The minimum atomic E-state index is -5.65. The lowest BCUT2D eigenvalue weighted by Crippen LogP contribution is -2.30. The van der Waals surface area contributed by atoms with Gasteiger partial charge < -0.3 is 9.64 Å². The summed E-state index contributed by atoms with van der Waals surface area (Å²) >= 11 is 0. The maximum absolute atomic E-state index is 13.1. The predicted octanol–water partition coefficient (Wildman–Crippen LogP) is 4.74. The Labute approximate surface area is 213 Å². The molecule has 4 rings (SSSR count). The van der Waals surface area contributed by atoms with Gasteiger partial charge in [-0.25, -0.2) is 0 Å². The molecule has 11 heteroatoms. The van der Waals surface area contributed by atoms with Crippen LogP contribution in [0.3, 0.4) is 0 Å². The van der Waals surface area contributed by atoms with Crippen molar-refractivity contribution >= 4 is 21.6 Å². The number of amides is 1. The molecule has 0 spiro atoms. The first-order chi connectivity index (χ1) is 17.4. The average molecular weight is 534 g/mol. The van der Waals surface area contributed by atoms with E-state index in [1.807, 2.05) is 24.3 Å². The van der Waals surface area contributed by atoms with Gasteiger partial charge in [-0.05, 0) is 46.5 Å². The summed E-state index contributed by atoms with van der Waals surface area (Å²) in [6, 6.07) is 19.0. The minimum Gasteiger partial charge on any atom is -0.487 e. The molecule has 0 saturated heterocycles. The highest BCUT2D eigenvalue weighted by atomic mass is 32.2. The summed E-state index contributed by atoms with van der Waals surface area (Å²) in [4.78, 5) is 15.6. The number of sulfonamides is 1. The van der Waals surface area contributed by atoms with Crippen molar-refractivity contribution in [1.82, 2.24) is 9.80 Å². The van der Waals surface area contributed by atoms with Gasteiger partial charge in [0.15, 0.2) is 0 Å². The van der Waals surface area contributed by atoms with Crippen LogP contribution in [0.2, 0.25) is 0 Å². The van der Waals surface area contributed by atoms with Gasteiger partial charge >= 0.3 is 15.5 Å². The zero-order chi connectivity index (χ0) is 26.8. The van der Waals surface area contributed by atoms with Crippen molar-refractivity contribution in [3.05, 3.63) is 94.5 Å². The number of benzene rings is 3. The number of hydrogen-bond donors (Lipinski definition) is 1. The highest BCUT2D eigenvalue weighted by Gasteiger charge is 2.46. The van der Waals surface area contributed by atoms with Crippen LogP contribution in [0.5, 0.6) is 5.75 Å². The van der Waals surface area contributed by atoms with Crippen LogP contribution >= 0.6 is 0 Å². The van der Waals surface area contributed by atoms with E-state index in [-0.39, 0.29) is 24.0 Å². The summed E-state index contributed by atoms with van der Waals surface area (Å²) in [6.45, 7) is 1.74. The smallest absolute Gasteiger partial charge is 0.487 e. The van der Waals surface area contributed by atoms with E-state index in [1.54, 1.807) is 49.1 Å². The molecule has 0 atom stereocenters. The number of anilines is 1. The third kappa shape index (κ3) is 6.23. The van der Waals surface area contributed by atoms with Crippen molar-refractivity contribution in [2.24, 2.45) is 0 Å². The van der Waals surface area contributed by atoms with Crippen molar-refractivity contribution < 1.29 is 31.1 Å². The van der Waals surface area contributed by atoms with Crippen LogP contribution in [-0.2, 0) is 36.3 Å². The van der Waals surface area contributed by atoms with Gasteiger partial charge in [-0.15, -0.1) is 0 Å². The zero-order valence-electron chi connectivity index (χ0n) is 20.2. The molecule has 0 radical (unpaired) electrons. The van der Waals surface area contributed by atoms with Gasteiger partial charge in [0.05, 0.1) is 5.69 Å². The van der Waals surface area contributed by atoms with Gasteiger partial charge in [0.25, 0.3) is 5.91 Å². The van der Waals surface area contributed by atoms with Crippen LogP contribution in [0.4, 0.5) is 18.9 Å². The molecule has 1 aliphatic heterocycles. The van der Waals surface area contributed by atoms with Crippen LogP contribution in [0, 0.1) is 0 Å². The van der Waals surface area contributed by atoms with E-state index in [2.05, 4.69) is 4.90 Å². The Hall–Kier alpha value is -3.57. The Morgan fingerprint density at radius 2 is 1.57 bits per heavy atom. The molecule has 1 amide bonds. The molecular formula is C26H26F3N3O4S. The Bertz CT molecular complexity index is 1370. The number of hydrogen-bond acceptors (Lipinski definition) is 5. The molecule has 0 aliphatic carbocycles. The van der Waals surface area contributed by atoms with E-state index in [4.69, 9.17) is 4.74 Å². The Kier molecular flexibility index (Phi) is 7.47. The molecule has 196 valence electrons. The molecule has 1 N–H and O–H groups in total. The molecule has 0 fully saturated rings. The van der Waals surface area contributed by atoms with Crippen molar-refractivity contribution in [2.45, 2.75) is 31.7 Å². The van der Waals surface area contributed by atoms with Crippen molar-refractivity contribution in [2.75, 3.05) is 18.8 Å². The second-order valence-corrected chi connectivity index (χ2v) is 10.7. The fourth-order valence-electron chi connectivity index (χ4n) is 4.02. The molecule has 7 nitrogen and oxygen atoms in total. The maximum Gasteiger partial charge on any atom is 0.516 e. The van der Waals surface area contributed by atoms with Gasteiger partial charge in [-0.3, -0.25) is 14.4 Å². The topological polar surface area (TPSA) is 79.0 Å². The van der Waals surface area contributed by atoms with Crippen LogP contribution in [0.1, 0.15) is 32.6 Å². The summed E-state index contributed by atoms with van der Waals surface area (Å²) in [5.74, 6) is -0.220. The number of fused-ring (bicyclic) bond motifs is 1. The van der Waals surface area contributed by atoms with Gasteiger partial charge in [0.2, 0.25) is 0 Å². The number of nitrogens with one attached hydrogen (secondary N) is 1. The van der Waals surface area contributed by atoms with E-state index < -0.39 is 15.5 Å². The number of nitrogens with zero attached hydrogens (tertiary/aromatic N) is 2. The molecule has 0 bridgehead atoms. The summed E-state index contributed by atoms with van der Waals surface area (Å²) in [6.07, 6.45) is 0. The maximum atomic E-state index is 13.1. The number of carbonyl (C=O) groups is 1. The Morgan fingerprint density at radius 1 is 0.973 bits per heavy atom. The molecule has 37 heavy (non-hydrogen) atoms. The first kappa shape index (κ1) is 26.5. The number of alkyl halides is 3. The monoisotopic (exact) mass is 533 g/mol. The van der Waals surface area contributed by atoms with Gasteiger partial charge in [0, 0.05) is 39.3 Å². The fourth-order valence-corrected chi connectivity index (χ4v) is 4.59. The highest BCUT2D eigenvalue weighted by molar-refractivity contribution is 7.93. The summed E-state index contributed by atoms with van der Waals surface area (Å²) < 4.78 is 70.4. The molecule has 1 heterocycles. The molecule has 1 aliphatic rings. The lowest BCUT2D eigenvalue weighted by atomic mass is 10.1. The Balaban J connectivity index is 1.53. The van der Waals surface area contributed by atoms with E-state index >= 15 is 0 Å². The first-order valence-corrected chi connectivity index (χ1v) is 12.9. The lowest BCUT2D eigenvalue weighted by molar-refractivity contribution is -0.0429. The van der Waals surface area contributed by atoms with Crippen molar-refractivity contribution in [1.29, 1.82) is 0 Å². The van der Waals surface area contributed by atoms with E-state index in [9.17, 15) is 26.4 Å². The van der Waals surface area contributed by atoms with E-state index in [1.165, 1.54) is 28.2 Å². The largest absolute Gasteiger partial charge is 0.516 e. The van der Waals surface area contributed by atoms with Crippen molar-refractivity contribution in [3.63, 3.8) is 0 Å². The van der Waals surface area contributed by atoms with E-state index in [0.717, 1.165) is 0 Å². The molecular weight excluding hydrogens is 507 g/mol. The molecule has 0 aromatic heterocycles. The third-order valence-electron chi connectivity index (χ3n) is 5.91. The normalized spacial score (nSPS) is 13.8. The number of halogens is 3. The molecule has 0 unspecified atom stereocenters. The van der Waals surface area contributed by atoms with E-state index in [0.29, 0.717) is 36.3 Å². The van der Waals surface area contributed by atoms with Crippen LogP contribution in [0.25, 0.3) is 0 Å². The fraction of sp³-hybridized carbons (Fsp3) is 0.269. The van der Waals surface area contributed by atoms with Crippen LogP contribution in [0.15, 0.2) is 66.7 Å². The number of rotatable bonds is 8. The van der Waals surface area contributed by atoms with Gasteiger partial charge in [-0.1, -0.05) is 42.5 Å². The lowest BCUT2D eigenvalue weighted by Gasteiger charge is -2.19. The first-order valence-electron chi connectivity index (χ1n) is 11.4. The average Bonchev–Trinajstić information content (AvgIpc) is 3.25. The standard InChI is InChI=1S/C26H26F3N3O4S/c1-31(2)25(33)20-10-7-18(8-11-20)17-36-24-12-9-19(13-23(24)30-37(34,35)26(27,28)29)14-32-15-21-5-3-4-6-22(21)16-32/h3-13,30H,14-17H2,1-2H3. The second-order valence-electron chi connectivity index (χ2n) is 8.98. The van der Waals surface area contributed by atoms with Crippen molar-refractivity contribution in [3.8, 4) is 5.75 Å². The third-order valence-corrected chi connectivity index (χ3v) is 7.00. The highest BCUT2D eigenvalue weighted by Crippen LogP contribution is 2.33. The minimum absolute atomic E-state index is 0.0437. The predicted molar refractivity (Wildman–Crippen MR) is 133 cm³/mol. The summed E-state index contributed by atoms with van der Waals surface area (Å²) in [7, 11) is -2.38. The molecule has 3 aromatic carbocycles. The summed E-state index contributed by atoms with van der Waals surface area (Å²) in [5.41, 5.74) is -1.67. The second kappa shape index (κ2) is 10.4. The van der Waals surface area contributed by atoms with Crippen LogP contribution in [-0.4, -0.2) is 43.7 Å². The van der Waals surface area contributed by atoms with Crippen LogP contribution < -0.4 is 9.46 Å². The molecule has 3 aromatic rings. The van der Waals surface area contributed by atoms with Gasteiger partial charge in [0.1, 0.15) is 12.4 Å². The SMILES string of the molecule is CN(C)C(=O)c1ccc(COc2ccc(CN3Cc4ccccc4C3)cc2NS(=O)(=O)C(F)(F)F)cc1. The molecule has 0 saturated carbocycles. The quantitative estimate of drug-likeness (QED) is 0.453. The summed E-state index contributed by atoms with van der Waals surface area (Å²) in [5, 5.41) is 0. The zero-order valence-corrected chi connectivity index (χ0v) is 21.1. The van der Waals surface area contributed by atoms with Gasteiger partial charge in [-0.2, -0.15) is 21.6 Å².